The lowest BCUT2D eigenvalue weighted by atomic mass is 9.85. The first-order chi connectivity index (χ1) is 15.0. The number of aromatic nitrogens is 2. The minimum Gasteiger partial charge on any atom is -0.595 e. The maximum atomic E-state index is 12.5. The Hall–Kier alpha value is -3.01. The van der Waals surface area contributed by atoms with Crippen LogP contribution in [-0.2, 0) is 9.59 Å². The number of aryl methyl sites for hydroxylation is 1. The molecule has 0 radical (unpaired) electrons. The molecule has 0 saturated carbocycles. The molecule has 0 aliphatic heterocycles. The van der Waals surface area contributed by atoms with E-state index in [9.17, 15) is 20.0 Å². The number of carboxylic acids is 1. The lowest BCUT2D eigenvalue weighted by Gasteiger charge is -2.23. The van der Waals surface area contributed by atoms with E-state index >= 15 is 0 Å². The van der Waals surface area contributed by atoms with E-state index in [4.69, 9.17) is 5.11 Å². The molecule has 0 bridgehead atoms. The molecule has 9 heteroatoms. The molecule has 172 valence electrons. The zero-order valence-electron chi connectivity index (χ0n) is 18.8. The van der Waals surface area contributed by atoms with Crippen molar-refractivity contribution in [3.8, 4) is 5.69 Å². The number of para-hydroxylation sites is 2. The molecule has 3 rings (SSSR count). The van der Waals surface area contributed by atoms with Gasteiger partial charge < -0.3 is 15.6 Å². The molecule has 1 aliphatic carbocycles. The largest absolute Gasteiger partial charge is 0.595 e. The van der Waals surface area contributed by atoms with Gasteiger partial charge in [-0.05, 0) is 31.7 Å². The molecule has 0 spiro atoms. The van der Waals surface area contributed by atoms with Crippen molar-refractivity contribution in [2.75, 3.05) is 0 Å². The highest BCUT2D eigenvalue weighted by Gasteiger charge is 2.30. The molecule has 1 aliphatic rings. The van der Waals surface area contributed by atoms with Gasteiger partial charge in [0.15, 0.2) is 5.69 Å². The number of amides is 1. The van der Waals surface area contributed by atoms with Crippen LogP contribution >= 0.6 is 0 Å². The summed E-state index contributed by atoms with van der Waals surface area (Å²) in [7, 11) is 0. The Bertz CT molecular complexity index is 1040. The second-order valence-electron chi connectivity index (χ2n) is 9.13. The summed E-state index contributed by atoms with van der Waals surface area (Å²) in [5.74, 6) is -1.06. The van der Waals surface area contributed by atoms with Crippen molar-refractivity contribution in [3.63, 3.8) is 0 Å². The van der Waals surface area contributed by atoms with E-state index in [2.05, 4.69) is 10.4 Å². The van der Waals surface area contributed by atoms with E-state index in [1.54, 1.807) is 42.8 Å². The van der Waals surface area contributed by atoms with Crippen molar-refractivity contribution in [2.24, 2.45) is 5.41 Å². The van der Waals surface area contributed by atoms with Crippen LogP contribution in [0.25, 0.3) is 5.69 Å². The SMILES string of the molecule is Cc1nn(-c2ccccc2[NH+]([O-])O)c(C)c1C1C=CC(NC(=O)CC(C)(C)CC(=O)O)C1. The van der Waals surface area contributed by atoms with E-state index in [-0.39, 0.29) is 36.4 Å². The van der Waals surface area contributed by atoms with E-state index in [1.807, 2.05) is 26.0 Å². The quantitative estimate of drug-likeness (QED) is 0.366. The highest BCUT2D eigenvalue weighted by atomic mass is 16.8. The van der Waals surface area contributed by atoms with Gasteiger partial charge >= 0.3 is 5.97 Å². The minimum absolute atomic E-state index is 0.0399. The summed E-state index contributed by atoms with van der Waals surface area (Å²) in [6.07, 6.45) is 4.72. The van der Waals surface area contributed by atoms with E-state index in [1.165, 1.54) is 0 Å². The fourth-order valence-corrected chi connectivity index (χ4v) is 4.45. The Labute approximate surface area is 186 Å². The predicted molar refractivity (Wildman–Crippen MR) is 118 cm³/mol. The Morgan fingerprint density at radius 3 is 2.59 bits per heavy atom. The third-order valence-corrected chi connectivity index (χ3v) is 5.78. The fourth-order valence-electron chi connectivity index (χ4n) is 4.45. The van der Waals surface area contributed by atoms with Gasteiger partial charge in [0.25, 0.3) is 0 Å². The number of hydrogen-bond donors (Lipinski definition) is 4. The topological polar surface area (TPSA) is 132 Å². The van der Waals surface area contributed by atoms with Crippen LogP contribution in [0.3, 0.4) is 0 Å². The van der Waals surface area contributed by atoms with Crippen LogP contribution in [-0.4, -0.2) is 38.0 Å². The van der Waals surface area contributed by atoms with Crippen LogP contribution < -0.4 is 10.5 Å². The second-order valence-corrected chi connectivity index (χ2v) is 9.13. The Balaban J connectivity index is 1.73. The van der Waals surface area contributed by atoms with Crippen molar-refractivity contribution in [3.05, 3.63) is 58.6 Å². The van der Waals surface area contributed by atoms with Gasteiger partial charge in [-0.2, -0.15) is 10.3 Å². The van der Waals surface area contributed by atoms with Gasteiger partial charge in [0.05, 0.1) is 12.1 Å². The molecule has 1 amide bonds. The molecule has 3 atom stereocenters. The number of benzene rings is 1. The third kappa shape index (κ3) is 5.24. The Morgan fingerprint density at radius 1 is 1.25 bits per heavy atom. The maximum absolute atomic E-state index is 12.5. The van der Waals surface area contributed by atoms with Crippen molar-refractivity contribution in [2.45, 2.75) is 58.9 Å². The first-order valence-corrected chi connectivity index (χ1v) is 10.6. The number of carboxylic acid groups (broad SMARTS) is 1. The number of allylic oxidation sites excluding steroid dienone is 1. The lowest BCUT2D eigenvalue weighted by Crippen LogP contribution is -2.99. The van der Waals surface area contributed by atoms with Crippen LogP contribution in [0.2, 0.25) is 0 Å². The molecule has 3 unspecified atom stereocenters. The highest BCUT2D eigenvalue weighted by Crippen LogP contribution is 2.35. The molecular formula is C23H30N4O5. The average Bonchev–Trinajstić information content (AvgIpc) is 3.23. The van der Waals surface area contributed by atoms with Crippen molar-refractivity contribution in [1.29, 1.82) is 0 Å². The number of quaternary nitrogens is 1. The summed E-state index contributed by atoms with van der Waals surface area (Å²) in [4.78, 5) is 23.4. The monoisotopic (exact) mass is 442 g/mol. The number of aliphatic carboxylic acids is 1. The summed E-state index contributed by atoms with van der Waals surface area (Å²) in [6.45, 7) is 7.35. The molecule has 2 aromatic rings. The molecule has 1 aromatic carbocycles. The fraction of sp³-hybridized carbons (Fsp3) is 0.435. The van der Waals surface area contributed by atoms with Gasteiger partial charge in [-0.1, -0.05) is 38.1 Å². The predicted octanol–water partition coefficient (Wildman–Crippen LogP) is 2.31. The second kappa shape index (κ2) is 9.23. The number of nitrogens with zero attached hydrogens (tertiary/aromatic N) is 2. The third-order valence-electron chi connectivity index (χ3n) is 5.78. The summed E-state index contributed by atoms with van der Waals surface area (Å²) in [5, 5.41) is 36.8. The van der Waals surface area contributed by atoms with Crippen LogP contribution in [0.1, 0.15) is 56.0 Å². The Kier molecular flexibility index (Phi) is 6.82. The zero-order valence-corrected chi connectivity index (χ0v) is 18.8. The van der Waals surface area contributed by atoms with Gasteiger partial charge in [-0.25, -0.2) is 9.89 Å². The summed E-state index contributed by atoms with van der Waals surface area (Å²) >= 11 is 0. The first-order valence-electron chi connectivity index (χ1n) is 10.6. The summed E-state index contributed by atoms with van der Waals surface area (Å²) < 4.78 is 1.67. The van der Waals surface area contributed by atoms with Crippen molar-refractivity contribution in [1.82, 2.24) is 15.1 Å². The van der Waals surface area contributed by atoms with Gasteiger partial charge in [-0.15, -0.1) is 0 Å². The van der Waals surface area contributed by atoms with E-state index in [0.717, 1.165) is 17.0 Å². The van der Waals surface area contributed by atoms with Crippen molar-refractivity contribution < 1.29 is 25.1 Å². The maximum Gasteiger partial charge on any atom is 0.303 e. The minimum atomic E-state index is -1.01. The normalized spacial score (nSPS) is 19.2. The first kappa shape index (κ1) is 23.6. The van der Waals surface area contributed by atoms with Gasteiger partial charge in [-0.3, -0.25) is 9.59 Å². The van der Waals surface area contributed by atoms with E-state index in [0.29, 0.717) is 12.1 Å². The standard InChI is InChI=1S/C23H30N4O5/c1-14-22(15(2)26(25-14)18-7-5-6-8-19(18)27(31)32)16-9-10-17(11-16)24-20(28)12-23(3,4)13-21(29)30/h5-10,16-17,27,31H,11-13H2,1-4H3,(H,24,28)(H,29,30). The lowest BCUT2D eigenvalue weighted by molar-refractivity contribution is -0.991. The molecular weight excluding hydrogens is 412 g/mol. The molecule has 1 aromatic heterocycles. The molecule has 0 saturated heterocycles. The number of hydrogen-bond acceptors (Lipinski definition) is 5. The molecule has 0 fully saturated rings. The van der Waals surface area contributed by atoms with Crippen LogP contribution in [0.5, 0.6) is 0 Å². The van der Waals surface area contributed by atoms with E-state index < -0.39 is 16.6 Å². The van der Waals surface area contributed by atoms with Crippen LogP contribution in [0, 0.1) is 24.5 Å². The van der Waals surface area contributed by atoms with Crippen LogP contribution in [0.15, 0.2) is 36.4 Å². The number of nitrogens with one attached hydrogen (secondary N) is 2. The smallest absolute Gasteiger partial charge is 0.303 e. The molecule has 9 nitrogen and oxygen atoms in total. The Morgan fingerprint density at radius 2 is 1.94 bits per heavy atom. The van der Waals surface area contributed by atoms with Crippen molar-refractivity contribution >= 4 is 17.6 Å². The van der Waals surface area contributed by atoms with Crippen LogP contribution in [0.4, 0.5) is 5.69 Å². The summed E-state index contributed by atoms with van der Waals surface area (Å²) in [6, 6.07) is 6.61. The molecule has 32 heavy (non-hydrogen) atoms. The van der Waals surface area contributed by atoms with Gasteiger partial charge in [0.1, 0.15) is 5.69 Å². The number of carbonyl (C=O) groups excluding carboxylic acids is 1. The average molecular weight is 443 g/mol. The highest BCUT2D eigenvalue weighted by molar-refractivity contribution is 5.78. The molecule has 4 N–H and O–H groups in total. The molecule has 1 heterocycles. The number of carbonyl (C=O) groups is 2. The summed E-state index contributed by atoms with van der Waals surface area (Å²) in [5.41, 5.74) is 2.76. The van der Waals surface area contributed by atoms with Gasteiger partial charge in [0.2, 0.25) is 5.91 Å². The number of rotatable bonds is 8. The zero-order chi connectivity index (χ0) is 23.6. The van der Waals surface area contributed by atoms with Gasteiger partial charge in [0, 0.05) is 35.7 Å².